The van der Waals surface area contributed by atoms with Crippen molar-refractivity contribution in [3.63, 3.8) is 0 Å². The number of hydrogen-bond donors (Lipinski definition) is 4. The molecule has 8 heteroatoms. The number of anilines is 1. The molecule has 0 unspecified atom stereocenters. The molecule has 2 atom stereocenters. The summed E-state index contributed by atoms with van der Waals surface area (Å²) in [5.74, 6) is 1.90. The van der Waals surface area contributed by atoms with E-state index < -0.39 is 6.10 Å². The topological polar surface area (TPSA) is 112 Å². The van der Waals surface area contributed by atoms with Crippen molar-refractivity contribution >= 4 is 38.7 Å². The summed E-state index contributed by atoms with van der Waals surface area (Å²) >= 11 is 0. The minimum atomic E-state index is -0.479. The molecular weight excluding hydrogens is 438 g/mol. The SMILES string of the molecule is O[C@@H]1CNCC[C@H]1Nc1nc(-c2ccnc3[nH]c4ccccc4c23)nc2cncc(C3CCC3)c12. The average molecular weight is 466 g/mol. The molecule has 2 aliphatic rings. The molecule has 0 bridgehead atoms. The Kier molecular flexibility index (Phi) is 4.89. The summed E-state index contributed by atoms with van der Waals surface area (Å²) in [5, 5.41) is 20.7. The monoisotopic (exact) mass is 465 g/mol. The fraction of sp³-hybridized carbons (Fsp3) is 0.333. The van der Waals surface area contributed by atoms with Gasteiger partial charge in [-0.25, -0.2) is 15.0 Å². The van der Waals surface area contributed by atoms with Gasteiger partial charge in [-0.1, -0.05) is 24.6 Å². The standard InChI is InChI=1S/C27H27N7O/c35-22-14-28-10-9-20(22)32-27-24-18(15-4-3-5-15)12-29-13-21(24)33-25(34-27)17-8-11-30-26-23(17)16-6-1-2-7-19(16)31-26/h1-2,6-8,11-13,15,20,22,28,35H,3-5,9-10,14H2,(H,30,31)(H,32,33,34)/t20-,22-/m1/s1. The number of pyridine rings is 2. The van der Waals surface area contributed by atoms with E-state index in [9.17, 15) is 5.11 Å². The van der Waals surface area contributed by atoms with Crippen molar-refractivity contribution in [2.75, 3.05) is 18.4 Å². The smallest absolute Gasteiger partial charge is 0.163 e. The Hall–Kier alpha value is -3.62. The Balaban J connectivity index is 1.45. The lowest BCUT2D eigenvalue weighted by Crippen LogP contribution is -2.47. The zero-order valence-corrected chi connectivity index (χ0v) is 19.3. The number of aromatic amines is 1. The van der Waals surface area contributed by atoms with E-state index in [2.05, 4.69) is 37.7 Å². The van der Waals surface area contributed by atoms with Crippen molar-refractivity contribution < 1.29 is 5.11 Å². The number of nitrogens with one attached hydrogen (secondary N) is 3. The van der Waals surface area contributed by atoms with Crippen LogP contribution in [0, 0.1) is 0 Å². The minimum absolute atomic E-state index is 0.0739. The molecule has 5 aromatic rings. The van der Waals surface area contributed by atoms with Crippen molar-refractivity contribution in [3.05, 3.63) is 54.5 Å². The van der Waals surface area contributed by atoms with Gasteiger partial charge in [0.1, 0.15) is 11.5 Å². The molecule has 0 spiro atoms. The fourth-order valence-electron chi connectivity index (χ4n) is 5.50. The van der Waals surface area contributed by atoms with Crippen LogP contribution >= 0.6 is 0 Å². The predicted molar refractivity (Wildman–Crippen MR) is 137 cm³/mol. The zero-order chi connectivity index (χ0) is 23.4. The Labute approximate surface area is 202 Å². The van der Waals surface area contributed by atoms with Gasteiger partial charge in [0.2, 0.25) is 0 Å². The molecule has 1 aromatic carbocycles. The molecule has 0 radical (unpaired) electrons. The second-order valence-corrected chi connectivity index (χ2v) is 9.71. The van der Waals surface area contributed by atoms with Crippen LogP contribution < -0.4 is 10.6 Å². The Bertz CT molecular complexity index is 1560. The van der Waals surface area contributed by atoms with E-state index in [1.54, 1.807) is 6.20 Å². The predicted octanol–water partition coefficient (Wildman–Crippen LogP) is 4.12. The number of benzene rings is 1. The van der Waals surface area contributed by atoms with Crippen LogP contribution in [0.4, 0.5) is 5.82 Å². The van der Waals surface area contributed by atoms with E-state index in [1.807, 2.05) is 30.6 Å². The number of hydrogen-bond acceptors (Lipinski definition) is 7. The zero-order valence-electron chi connectivity index (χ0n) is 19.3. The molecule has 2 fully saturated rings. The third kappa shape index (κ3) is 3.44. The van der Waals surface area contributed by atoms with Gasteiger partial charge in [-0.05, 0) is 49.4 Å². The molecule has 1 aliphatic carbocycles. The van der Waals surface area contributed by atoms with Gasteiger partial charge in [0, 0.05) is 46.2 Å². The van der Waals surface area contributed by atoms with Gasteiger partial charge < -0.3 is 20.7 Å². The van der Waals surface area contributed by atoms with Crippen molar-refractivity contribution in [2.24, 2.45) is 0 Å². The van der Waals surface area contributed by atoms with E-state index in [1.165, 1.54) is 12.0 Å². The maximum absolute atomic E-state index is 10.7. The lowest BCUT2D eigenvalue weighted by molar-refractivity contribution is 0.128. The molecule has 1 saturated heterocycles. The average Bonchev–Trinajstić information content (AvgIpc) is 3.23. The van der Waals surface area contributed by atoms with E-state index in [4.69, 9.17) is 9.97 Å². The van der Waals surface area contributed by atoms with Crippen molar-refractivity contribution in [1.82, 2.24) is 30.2 Å². The first-order chi connectivity index (χ1) is 17.3. The summed E-state index contributed by atoms with van der Waals surface area (Å²) in [6.45, 7) is 1.44. The van der Waals surface area contributed by atoms with Crippen LogP contribution in [0.5, 0.6) is 0 Å². The summed E-state index contributed by atoms with van der Waals surface area (Å²) in [5.41, 5.74) is 4.82. The van der Waals surface area contributed by atoms with Gasteiger partial charge in [-0.3, -0.25) is 4.98 Å². The van der Waals surface area contributed by atoms with Gasteiger partial charge in [-0.2, -0.15) is 0 Å². The molecule has 8 nitrogen and oxygen atoms in total. The Morgan fingerprint density at radius 2 is 1.91 bits per heavy atom. The molecule has 0 amide bonds. The van der Waals surface area contributed by atoms with E-state index in [0.29, 0.717) is 18.3 Å². The molecule has 176 valence electrons. The number of β-amino-alcohol motifs (C(OH)–C–C–N with tert-alkyl or cyclic N) is 1. The third-order valence-electron chi connectivity index (χ3n) is 7.59. The van der Waals surface area contributed by atoms with Gasteiger partial charge in [0.25, 0.3) is 0 Å². The highest BCUT2D eigenvalue weighted by Crippen LogP contribution is 2.42. The number of aliphatic hydroxyl groups is 1. The minimum Gasteiger partial charge on any atom is -0.390 e. The highest BCUT2D eigenvalue weighted by molar-refractivity contribution is 6.12. The van der Waals surface area contributed by atoms with E-state index >= 15 is 0 Å². The Morgan fingerprint density at radius 1 is 1.00 bits per heavy atom. The summed E-state index contributed by atoms with van der Waals surface area (Å²) in [6.07, 6.45) is 9.53. The Morgan fingerprint density at radius 3 is 2.77 bits per heavy atom. The quantitative estimate of drug-likeness (QED) is 0.316. The van der Waals surface area contributed by atoms with E-state index in [0.717, 1.165) is 70.0 Å². The van der Waals surface area contributed by atoms with Crippen LogP contribution in [0.25, 0.3) is 44.2 Å². The largest absolute Gasteiger partial charge is 0.390 e. The van der Waals surface area contributed by atoms with E-state index in [-0.39, 0.29) is 6.04 Å². The second kappa shape index (κ2) is 8.25. The highest BCUT2D eigenvalue weighted by Gasteiger charge is 2.28. The highest BCUT2D eigenvalue weighted by atomic mass is 16.3. The number of piperidine rings is 1. The van der Waals surface area contributed by atoms with Crippen LogP contribution in [0.2, 0.25) is 0 Å². The van der Waals surface area contributed by atoms with Crippen LogP contribution in [0.15, 0.2) is 48.9 Å². The molecule has 4 N–H and O–H groups in total. The van der Waals surface area contributed by atoms with Crippen LogP contribution in [0.3, 0.4) is 0 Å². The maximum Gasteiger partial charge on any atom is 0.163 e. The van der Waals surface area contributed by atoms with Gasteiger partial charge in [-0.15, -0.1) is 0 Å². The normalized spacial score (nSPS) is 20.9. The number of fused-ring (bicyclic) bond motifs is 4. The number of aromatic nitrogens is 5. The summed E-state index contributed by atoms with van der Waals surface area (Å²) < 4.78 is 0. The first-order valence-corrected chi connectivity index (χ1v) is 12.4. The van der Waals surface area contributed by atoms with Gasteiger partial charge in [0.05, 0.1) is 23.9 Å². The molecule has 1 aliphatic heterocycles. The molecule has 5 heterocycles. The van der Waals surface area contributed by atoms with Crippen LogP contribution in [-0.4, -0.2) is 55.3 Å². The first kappa shape index (κ1) is 20.7. The number of nitrogens with zero attached hydrogens (tertiary/aromatic N) is 4. The van der Waals surface area contributed by atoms with Gasteiger partial charge in [0.15, 0.2) is 5.82 Å². The maximum atomic E-state index is 10.7. The van der Waals surface area contributed by atoms with Crippen LogP contribution in [0.1, 0.15) is 37.2 Å². The molecule has 7 rings (SSSR count). The van der Waals surface area contributed by atoms with Crippen LogP contribution in [-0.2, 0) is 0 Å². The summed E-state index contributed by atoms with van der Waals surface area (Å²) in [4.78, 5) is 22.7. The molecule has 4 aromatic heterocycles. The number of para-hydroxylation sites is 1. The third-order valence-corrected chi connectivity index (χ3v) is 7.59. The molecular formula is C27H27N7O. The summed E-state index contributed by atoms with van der Waals surface area (Å²) in [7, 11) is 0. The number of aliphatic hydroxyl groups excluding tert-OH is 1. The fourth-order valence-corrected chi connectivity index (χ4v) is 5.50. The molecule has 35 heavy (non-hydrogen) atoms. The van der Waals surface area contributed by atoms with Crippen molar-refractivity contribution in [1.29, 1.82) is 0 Å². The number of rotatable bonds is 4. The second-order valence-electron chi connectivity index (χ2n) is 9.71. The summed E-state index contributed by atoms with van der Waals surface area (Å²) in [6, 6.07) is 10.1. The lowest BCUT2D eigenvalue weighted by atomic mass is 9.79. The lowest BCUT2D eigenvalue weighted by Gasteiger charge is -2.31. The molecule has 1 saturated carbocycles. The first-order valence-electron chi connectivity index (χ1n) is 12.4. The van der Waals surface area contributed by atoms with Crippen molar-refractivity contribution in [2.45, 2.75) is 43.7 Å². The van der Waals surface area contributed by atoms with Crippen molar-refractivity contribution in [3.8, 4) is 11.4 Å². The number of H-pyrrole nitrogens is 1. The van der Waals surface area contributed by atoms with Gasteiger partial charge >= 0.3 is 0 Å².